The average Bonchev–Trinajstić information content (AvgIpc) is 2.52. The third-order valence-electron chi connectivity index (χ3n) is 2.91. The topological polar surface area (TPSA) is 76.1 Å². The Hall–Kier alpha value is -2.77. The third-order valence-corrected chi connectivity index (χ3v) is 3.16. The van der Waals surface area contributed by atoms with Gasteiger partial charge in [0.05, 0.1) is 0 Å². The summed E-state index contributed by atoms with van der Waals surface area (Å²) in [6.45, 7) is 0.348. The SMILES string of the molecule is N#C/C(=C\c1ccccc1OCc1ccc(Cl)cc1)C(N)=O. The Kier molecular flexibility index (Phi) is 5.18. The van der Waals surface area contributed by atoms with Gasteiger partial charge in [-0.3, -0.25) is 4.79 Å². The highest BCUT2D eigenvalue weighted by molar-refractivity contribution is 6.30. The van der Waals surface area contributed by atoms with Gasteiger partial charge in [0.2, 0.25) is 0 Å². The lowest BCUT2D eigenvalue weighted by molar-refractivity contribution is -0.114. The summed E-state index contributed by atoms with van der Waals surface area (Å²) in [5, 5.41) is 9.57. The molecule has 0 aliphatic heterocycles. The molecule has 0 radical (unpaired) electrons. The van der Waals surface area contributed by atoms with Crippen molar-refractivity contribution < 1.29 is 9.53 Å². The third kappa shape index (κ3) is 4.11. The summed E-state index contributed by atoms with van der Waals surface area (Å²) in [6.07, 6.45) is 1.42. The van der Waals surface area contributed by atoms with E-state index in [4.69, 9.17) is 27.3 Å². The molecular formula is C17H13ClN2O2. The molecule has 5 heteroatoms. The number of amides is 1. The molecule has 0 saturated heterocycles. The normalized spacial score (nSPS) is 10.8. The number of nitrogens with two attached hydrogens (primary N) is 1. The lowest BCUT2D eigenvalue weighted by Crippen LogP contribution is -2.12. The largest absolute Gasteiger partial charge is 0.488 e. The van der Waals surface area contributed by atoms with Crippen LogP contribution in [0.5, 0.6) is 5.75 Å². The van der Waals surface area contributed by atoms with Crippen LogP contribution in [0.1, 0.15) is 11.1 Å². The first kappa shape index (κ1) is 15.6. The maximum Gasteiger partial charge on any atom is 0.259 e. The monoisotopic (exact) mass is 312 g/mol. The summed E-state index contributed by atoms with van der Waals surface area (Å²) < 4.78 is 5.74. The quantitative estimate of drug-likeness (QED) is 0.679. The molecule has 110 valence electrons. The molecule has 2 aromatic rings. The number of benzene rings is 2. The fraction of sp³-hybridized carbons (Fsp3) is 0.0588. The van der Waals surface area contributed by atoms with E-state index in [9.17, 15) is 4.79 Å². The van der Waals surface area contributed by atoms with Gasteiger partial charge in [-0.2, -0.15) is 5.26 Å². The number of halogens is 1. The van der Waals surface area contributed by atoms with E-state index in [-0.39, 0.29) is 5.57 Å². The van der Waals surface area contributed by atoms with Crippen LogP contribution < -0.4 is 10.5 Å². The molecule has 0 spiro atoms. The molecule has 0 bridgehead atoms. The Labute approximate surface area is 133 Å². The highest BCUT2D eigenvalue weighted by Gasteiger charge is 2.07. The summed E-state index contributed by atoms with van der Waals surface area (Å²) in [4.78, 5) is 11.1. The number of para-hydroxylation sites is 1. The van der Waals surface area contributed by atoms with Crippen LogP contribution in [0.2, 0.25) is 5.02 Å². The van der Waals surface area contributed by atoms with Gasteiger partial charge in [-0.1, -0.05) is 41.9 Å². The van der Waals surface area contributed by atoms with Crippen LogP contribution in [0, 0.1) is 11.3 Å². The Morgan fingerprint density at radius 2 is 1.91 bits per heavy atom. The van der Waals surface area contributed by atoms with Gasteiger partial charge in [-0.05, 0) is 29.8 Å². The second-order valence-corrected chi connectivity index (χ2v) is 4.92. The second kappa shape index (κ2) is 7.30. The average molecular weight is 313 g/mol. The van der Waals surface area contributed by atoms with Crippen molar-refractivity contribution in [2.75, 3.05) is 0 Å². The number of carbonyl (C=O) groups is 1. The Balaban J connectivity index is 2.20. The molecule has 22 heavy (non-hydrogen) atoms. The second-order valence-electron chi connectivity index (χ2n) is 4.49. The van der Waals surface area contributed by atoms with E-state index in [1.54, 1.807) is 36.4 Å². The molecule has 0 saturated carbocycles. The van der Waals surface area contributed by atoms with E-state index in [2.05, 4.69) is 0 Å². The van der Waals surface area contributed by atoms with E-state index in [1.807, 2.05) is 18.2 Å². The van der Waals surface area contributed by atoms with Crippen LogP contribution in [-0.2, 0) is 11.4 Å². The van der Waals surface area contributed by atoms with Crippen LogP contribution in [0.3, 0.4) is 0 Å². The number of nitriles is 1. The zero-order valence-electron chi connectivity index (χ0n) is 11.6. The van der Waals surface area contributed by atoms with Crippen LogP contribution in [0.4, 0.5) is 0 Å². The molecule has 0 aliphatic carbocycles. The summed E-state index contributed by atoms with van der Waals surface area (Å²) in [5.41, 5.74) is 6.59. The molecule has 2 rings (SSSR count). The van der Waals surface area contributed by atoms with Crippen molar-refractivity contribution in [1.29, 1.82) is 5.26 Å². The fourth-order valence-electron chi connectivity index (χ4n) is 1.79. The summed E-state index contributed by atoms with van der Waals surface area (Å²) in [5.74, 6) is -0.207. The number of hydrogen-bond acceptors (Lipinski definition) is 3. The Morgan fingerprint density at radius 3 is 2.55 bits per heavy atom. The van der Waals surface area contributed by atoms with Gasteiger partial charge in [0.25, 0.3) is 5.91 Å². The van der Waals surface area contributed by atoms with Crippen LogP contribution >= 0.6 is 11.6 Å². The number of hydrogen-bond donors (Lipinski definition) is 1. The maximum atomic E-state index is 11.1. The minimum Gasteiger partial charge on any atom is -0.488 e. The van der Waals surface area contributed by atoms with E-state index in [0.29, 0.717) is 22.9 Å². The first-order valence-electron chi connectivity index (χ1n) is 6.48. The highest BCUT2D eigenvalue weighted by atomic mass is 35.5. The molecule has 4 nitrogen and oxygen atoms in total. The van der Waals surface area contributed by atoms with E-state index in [0.717, 1.165) is 5.56 Å². The van der Waals surface area contributed by atoms with Gasteiger partial charge >= 0.3 is 0 Å². The minimum absolute atomic E-state index is 0.123. The molecule has 0 heterocycles. The molecule has 0 fully saturated rings. The van der Waals surface area contributed by atoms with Crippen molar-refractivity contribution in [2.24, 2.45) is 5.73 Å². The van der Waals surface area contributed by atoms with Crippen molar-refractivity contribution in [3.63, 3.8) is 0 Å². The van der Waals surface area contributed by atoms with E-state index < -0.39 is 5.91 Å². The summed E-state index contributed by atoms with van der Waals surface area (Å²) >= 11 is 5.83. The predicted molar refractivity (Wildman–Crippen MR) is 85.0 cm³/mol. The van der Waals surface area contributed by atoms with Crippen molar-refractivity contribution in [3.8, 4) is 11.8 Å². The number of primary amides is 1. The maximum absolute atomic E-state index is 11.1. The lowest BCUT2D eigenvalue weighted by Gasteiger charge is -2.09. The van der Waals surface area contributed by atoms with E-state index >= 15 is 0 Å². The number of rotatable bonds is 5. The summed E-state index contributed by atoms with van der Waals surface area (Å²) in [6, 6.07) is 16.2. The number of carbonyl (C=O) groups excluding carboxylic acids is 1. The smallest absolute Gasteiger partial charge is 0.259 e. The molecule has 0 unspecified atom stereocenters. The molecular weight excluding hydrogens is 300 g/mol. The molecule has 1 amide bonds. The summed E-state index contributed by atoms with van der Waals surface area (Å²) in [7, 11) is 0. The van der Waals surface area contributed by atoms with Crippen LogP contribution in [0.15, 0.2) is 54.1 Å². The van der Waals surface area contributed by atoms with E-state index in [1.165, 1.54) is 6.08 Å². The zero-order valence-corrected chi connectivity index (χ0v) is 12.4. The fourth-order valence-corrected chi connectivity index (χ4v) is 1.91. The number of nitrogens with zero attached hydrogens (tertiary/aromatic N) is 1. The van der Waals surface area contributed by atoms with Gasteiger partial charge in [-0.25, -0.2) is 0 Å². The van der Waals surface area contributed by atoms with Gasteiger partial charge in [0.1, 0.15) is 24.0 Å². The molecule has 2 N–H and O–H groups in total. The molecule has 0 atom stereocenters. The zero-order chi connectivity index (χ0) is 15.9. The van der Waals surface area contributed by atoms with Gasteiger partial charge in [-0.15, -0.1) is 0 Å². The highest BCUT2D eigenvalue weighted by Crippen LogP contribution is 2.22. The van der Waals surface area contributed by atoms with Gasteiger partial charge < -0.3 is 10.5 Å². The Bertz CT molecular complexity index is 746. The van der Waals surface area contributed by atoms with Crippen LogP contribution in [0.25, 0.3) is 6.08 Å². The van der Waals surface area contributed by atoms with Crippen molar-refractivity contribution in [1.82, 2.24) is 0 Å². The molecule has 0 aliphatic rings. The first-order chi connectivity index (χ1) is 10.6. The Morgan fingerprint density at radius 1 is 1.23 bits per heavy atom. The van der Waals surface area contributed by atoms with Gasteiger partial charge in [0, 0.05) is 10.6 Å². The standard InChI is InChI=1S/C17H13ClN2O2/c18-15-7-5-12(6-8-15)11-22-16-4-2-1-3-13(16)9-14(10-19)17(20)21/h1-9H,11H2,(H2,20,21)/b14-9+. The van der Waals surface area contributed by atoms with Crippen molar-refractivity contribution in [3.05, 3.63) is 70.3 Å². The van der Waals surface area contributed by atoms with Crippen LogP contribution in [-0.4, -0.2) is 5.91 Å². The first-order valence-corrected chi connectivity index (χ1v) is 6.86. The molecule has 0 aromatic heterocycles. The predicted octanol–water partition coefficient (Wildman–Crippen LogP) is 3.31. The molecule has 2 aromatic carbocycles. The number of ether oxygens (including phenoxy) is 1. The van der Waals surface area contributed by atoms with Crippen molar-refractivity contribution in [2.45, 2.75) is 6.61 Å². The van der Waals surface area contributed by atoms with Crippen molar-refractivity contribution >= 4 is 23.6 Å². The lowest BCUT2D eigenvalue weighted by atomic mass is 10.1. The van der Waals surface area contributed by atoms with Gasteiger partial charge in [0.15, 0.2) is 0 Å². The minimum atomic E-state index is -0.769.